The summed E-state index contributed by atoms with van der Waals surface area (Å²) in [5.74, 6) is 0. The van der Waals surface area contributed by atoms with E-state index in [0.717, 1.165) is 13.2 Å². The first-order valence-electron chi connectivity index (χ1n) is 9.88. The van der Waals surface area contributed by atoms with Gasteiger partial charge in [0.1, 0.15) is 0 Å². The molecule has 0 amide bonds. The van der Waals surface area contributed by atoms with Crippen LogP contribution in [0.2, 0.25) is 34.3 Å². The van der Waals surface area contributed by atoms with Crippen molar-refractivity contribution in [2.75, 3.05) is 13.2 Å². The fourth-order valence-electron chi connectivity index (χ4n) is 4.48. The Morgan fingerprint density at radius 1 is 0.565 bits per heavy atom. The Kier molecular flexibility index (Phi) is 10.5. The van der Waals surface area contributed by atoms with Gasteiger partial charge in [0.15, 0.2) is 16.6 Å². The molecule has 0 N–H and O–H groups in total. The molecule has 0 saturated heterocycles. The highest BCUT2D eigenvalue weighted by Crippen LogP contribution is 2.42. The molecule has 0 aliphatic heterocycles. The monoisotopic (exact) mass is 360 g/mol. The summed E-state index contributed by atoms with van der Waals surface area (Å²) in [5, 5.41) is 0. The molecule has 0 heterocycles. The predicted molar refractivity (Wildman–Crippen MR) is 109 cm³/mol. The second-order valence-corrected chi connectivity index (χ2v) is 18.3. The van der Waals surface area contributed by atoms with Gasteiger partial charge < -0.3 is 8.85 Å². The maximum atomic E-state index is 6.46. The van der Waals surface area contributed by atoms with E-state index in [1.165, 1.54) is 18.5 Å². The highest BCUT2D eigenvalue weighted by Gasteiger charge is 2.45. The van der Waals surface area contributed by atoms with Crippen molar-refractivity contribution in [3.63, 3.8) is 0 Å². The van der Waals surface area contributed by atoms with Gasteiger partial charge in [-0.05, 0) is 48.1 Å². The highest BCUT2D eigenvalue weighted by atomic mass is 28.4. The van der Waals surface area contributed by atoms with E-state index in [0.29, 0.717) is 22.2 Å². The van der Waals surface area contributed by atoms with Crippen molar-refractivity contribution in [2.24, 2.45) is 0 Å². The van der Waals surface area contributed by atoms with E-state index in [1.54, 1.807) is 0 Å². The fraction of sp³-hybridized carbons (Fsp3) is 1.00. The van der Waals surface area contributed by atoms with Crippen LogP contribution in [0.5, 0.6) is 0 Å². The van der Waals surface area contributed by atoms with Gasteiger partial charge in [0, 0.05) is 13.2 Å². The lowest BCUT2D eigenvalue weighted by molar-refractivity contribution is 0.297. The second-order valence-electron chi connectivity index (χ2n) is 8.25. The second kappa shape index (κ2) is 10.4. The third-order valence-corrected chi connectivity index (χ3v) is 17.6. The Morgan fingerprint density at radius 3 is 1.00 bits per heavy atom. The number of hydrogen-bond donors (Lipinski definition) is 0. The van der Waals surface area contributed by atoms with Crippen molar-refractivity contribution in [3.05, 3.63) is 0 Å². The van der Waals surface area contributed by atoms with E-state index in [-0.39, 0.29) is 0 Å². The normalized spacial score (nSPS) is 13.8. The summed E-state index contributed by atoms with van der Waals surface area (Å²) in [6.45, 7) is 25.1. The Morgan fingerprint density at radius 2 is 0.826 bits per heavy atom. The van der Waals surface area contributed by atoms with Gasteiger partial charge in [-0.15, -0.1) is 0 Å². The lowest BCUT2D eigenvalue weighted by atomic mass is 10.5. The van der Waals surface area contributed by atoms with Crippen molar-refractivity contribution >= 4 is 16.6 Å². The molecule has 0 aliphatic rings. The summed E-state index contributed by atoms with van der Waals surface area (Å²) in [6.07, 6.45) is 1.28. The topological polar surface area (TPSA) is 18.5 Å². The zero-order chi connectivity index (χ0) is 18.3. The van der Waals surface area contributed by atoms with Crippen LogP contribution in [0, 0.1) is 0 Å². The first kappa shape index (κ1) is 23.4. The Hall–Kier alpha value is 0.354. The molecule has 0 spiro atoms. The molecule has 23 heavy (non-hydrogen) atoms. The molecule has 0 fully saturated rings. The van der Waals surface area contributed by atoms with Crippen molar-refractivity contribution < 1.29 is 8.85 Å². The third-order valence-electron chi connectivity index (χ3n) is 5.87. The fourth-order valence-corrected chi connectivity index (χ4v) is 14.0. The van der Waals surface area contributed by atoms with Gasteiger partial charge in [0.05, 0.1) is 0 Å². The van der Waals surface area contributed by atoms with Crippen molar-refractivity contribution in [3.8, 4) is 0 Å². The molecule has 0 aliphatic carbocycles. The molecule has 0 aromatic heterocycles. The van der Waals surface area contributed by atoms with Crippen molar-refractivity contribution in [1.29, 1.82) is 0 Å². The Balaban J connectivity index is 5.15. The standard InChI is InChI=1S/C19H44O2Si2/c1-11-20-22(16(3)4,17(5)6)14-13-15-23(18(7)8,19(9)10)21-12-2/h16-19H,11-15H2,1-10H3. The van der Waals surface area contributed by atoms with Crippen molar-refractivity contribution in [2.45, 2.75) is 110 Å². The van der Waals surface area contributed by atoms with E-state index < -0.39 is 16.6 Å². The Bertz CT molecular complexity index is 268. The minimum absolute atomic E-state index is 0.684. The smallest absolute Gasteiger partial charge is 0.197 e. The van der Waals surface area contributed by atoms with Gasteiger partial charge in [0.25, 0.3) is 0 Å². The van der Waals surface area contributed by atoms with Crippen LogP contribution in [0.15, 0.2) is 0 Å². The lowest BCUT2D eigenvalue weighted by Gasteiger charge is -2.42. The number of rotatable bonds is 12. The van der Waals surface area contributed by atoms with Crippen LogP contribution in [-0.2, 0) is 8.85 Å². The summed E-state index contributed by atoms with van der Waals surface area (Å²) >= 11 is 0. The van der Waals surface area contributed by atoms with Crippen LogP contribution in [0.4, 0.5) is 0 Å². The van der Waals surface area contributed by atoms with Gasteiger partial charge in [-0.1, -0.05) is 61.8 Å². The molecule has 140 valence electrons. The van der Waals surface area contributed by atoms with Gasteiger partial charge in [-0.3, -0.25) is 0 Å². The molecule has 0 radical (unpaired) electrons. The van der Waals surface area contributed by atoms with Gasteiger partial charge in [-0.2, -0.15) is 0 Å². The van der Waals surface area contributed by atoms with Crippen LogP contribution in [0.25, 0.3) is 0 Å². The Labute approximate surface area is 149 Å². The van der Waals surface area contributed by atoms with Crippen LogP contribution in [0.3, 0.4) is 0 Å². The maximum Gasteiger partial charge on any atom is 0.197 e. The van der Waals surface area contributed by atoms with E-state index in [9.17, 15) is 0 Å². The average Bonchev–Trinajstić information content (AvgIpc) is 2.43. The van der Waals surface area contributed by atoms with E-state index in [4.69, 9.17) is 8.85 Å². The summed E-state index contributed by atoms with van der Waals surface area (Å²) < 4.78 is 12.9. The molecule has 0 atom stereocenters. The quantitative estimate of drug-likeness (QED) is 0.349. The van der Waals surface area contributed by atoms with Gasteiger partial charge >= 0.3 is 0 Å². The largest absolute Gasteiger partial charge is 0.417 e. The average molecular weight is 361 g/mol. The molecule has 0 bridgehead atoms. The number of hydrogen-bond acceptors (Lipinski definition) is 2. The summed E-state index contributed by atoms with van der Waals surface area (Å²) in [4.78, 5) is 0. The SMILES string of the molecule is CCO[Si](CCC[Si](OCC)(C(C)C)C(C)C)(C(C)C)C(C)C. The van der Waals surface area contributed by atoms with Crippen LogP contribution in [0.1, 0.15) is 75.7 Å². The maximum absolute atomic E-state index is 6.46. The first-order chi connectivity index (χ1) is 10.6. The third kappa shape index (κ3) is 5.69. The summed E-state index contributed by atoms with van der Waals surface area (Å²) in [6, 6.07) is 2.58. The van der Waals surface area contributed by atoms with Crippen LogP contribution in [-0.4, -0.2) is 29.8 Å². The molecule has 4 heteroatoms. The highest BCUT2D eigenvalue weighted by molar-refractivity contribution is 6.78. The first-order valence-corrected chi connectivity index (χ1v) is 14.4. The summed E-state index contributed by atoms with van der Waals surface area (Å²) in [7, 11) is -3.35. The van der Waals surface area contributed by atoms with E-state index in [1.807, 2.05) is 0 Å². The minimum atomic E-state index is -1.68. The molecule has 0 aromatic rings. The minimum Gasteiger partial charge on any atom is -0.417 e. The van der Waals surface area contributed by atoms with E-state index >= 15 is 0 Å². The molecule has 2 nitrogen and oxygen atoms in total. The van der Waals surface area contributed by atoms with Crippen LogP contribution >= 0.6 is 0 Å². The molecular weight excluding hydrogens is 316 g/mol. The lowest BCUT2D eigenvalue weighted by Crippen LogP contribution is -2.47. The molecule has 0 unspecified atom stereocenters. The zero-order valence-corrected chi connectivity index (χ0v) is 19.7. The molecule has 0 aromatic carbocycles. The van der Waals surface area contributed by atoms with E-state index in [2.05, 4.69) is 69.2 Å². The zero-order valence-electron chi connectivity index (χ0n) is 17.7. The summed E-state index contributed by atoms with van der Waals surface area (Å²) in [5.41, 5.74) is 2.74. The van der Waals surface area contributed by atoms with Crippen molar-refractivity contribution in [1.82, 2.24) is 0 Å². The van der Waals surface area contributed by atoms with Gasteiger partial charge in [0.2, 0.25) is 0 Å². The van der Waals surface area contributed by atoms with Gasteiger partial charge in [-0.25, -0.2) is 0 Å². The predicted octanol–water partition coefficient (Wildman–Crippen LogP) is 6.98. The molecule has 0 rings (SSSR count). The van der Waals surface area contributed by atoms with Crippen LogP contribution < -0.4 is 0 Å². The molecular formula is C19H44O2Si2. The molecule has 0 saturated carbocycles.